The van der Waals surface area contributed by atoms with Crippen LogP contribution in [0.4, 0.5) is 11.5 Å². The molecule has 2 aromatic carbocycles. The van der Waals surface area contributed by atoms with Gasteiger partial charge in [-0.2, -0.15) is 5.26 Å². The monoisotopic (exact) mass is 348 g/mol. The standard InChI is InChI=1S/C19H16N4OS/c1-12-5-3-4-6-16(12)25-19-13(2)21-18(24)17(23-19)22-15-9-7-14(11-20)8-10-15/h3-10H,1-2H3,(H,21,24)(H,22,23). The van der Waals surface area contributed by atoms with Gasteiger partial charge in [0, 0.05) is 16.3 Å². The number of aromatic amines is 1. The quantitative estimate of drug-likeness (QED) is 0.740. The fourth-order valence-corrected chi connectivity index (χ4v) is 3.17. The Bertz CT molecular complexity index is 1000. The summed E-state index contributed by atoms with van der Waals surface area (Å²) in [6, 6.07) is 17.0. The first-order valence-electron chi connectivity index (χ1n) is 7.68. The highest BCUT2D eigenvalue weighted by atomic mass is 32.2. The first kappa shape index (κ1) is 16.8. The third-order valence-corrected chi connectivity index (χ3v) is 4.90. The van der Waals surface area contributed by atoms with Crippen molar-refractivity contribution in [1.29, 1.82) is 5.26 Å². The maximum absolute atomic E-state index is 12.2. The van der Waals surface area contributed by atoms with E-state index in [-0.39, 0.29) is 11.4 Å². The highest BCUT2D eigenvalue weighted by Crippen LogP contribution is 2.30. The van der Waals surface area contributed by atoms with Gasteiger partial charge >= 0.3 is 0 Å². The topological polar surface area (TPSA) is 81.6 Å². The molecule has 0 radical (unpaired) electrons. The van der Waals surface area contributed by atoms with Gasteiger partial charge in [-0.3, -0.25) is 4.79 Å². The van der Waals surface area contributed by atoms with Gasteiger partial charge in [-0.15, -0.1) is 0 Å². The molecule has 124 valence electrons. The molecule has 0 aliphatic rings. The molecular weight excluding hydrogens is 332 g/mol. The van der Waals surface area contributed by atoms with E-state index >= 15 is 0 Å². The summed E-state index contributed by atoms with van der Waals surface area (Å²) >= 11 is 1.52. The van der Waals surface area contributed by atoms with E-state index < -0.39 is 0 Å². The van der Waals surface area contributed by atoms with Gasteiger partial charge in [0.2, 0.25) is 0 Å². The summed E-state index contributed by atoms with van der Waals surface area (Å²) in [5, 5.41) is 12.6. The molecule has 3 aromatic rings. The van der Waals surface area contributed by atoms with Crippen molar-refractivity contribution in [1.82, 2.24) is 9.97 Å². The second-order valence-corrected chi connectivity index (χ2v) is 6.56. The molecule has 0 saturated heterocycles. The summed E-state index contributed by atoms with van der Waals surface area (Å²) in [6.07, 6.45) is 0. The molecule has 1 heterocycles. The molecule has 1 aromatic heterocycles. The van der Waals surface area contributed by atoms with Gasteiger partial charge in [0.05, 0.1) is 11.6 Å². The molecule has 0 unspecified atom stereocenters. The molecule has 0 aliphatic heterocycles. The lowest BCUT2D eigenvalue weighted by atomic mass is 10.2. The van der Waals surface area contributed by atoms with E-state index in [0.29, 0.717) is 11.3 Å². The molecule has 0 bridgehead atoms. The van der Waals surface area contributed by atoms with Crippen molar-refractivity contribution >= 4 is 23.3 Å². The van der Waals surface area contributed by atoms with Gasteiger partial charge < -0.3 is 10.3 Å². The van der Waals surface area contributed by atoms with E-state index in [9.17, 15) is 4.79 Å². The molecule has 25 heavy (non-hydrogen) atoms. The van der Waals surface area contributed by atoms with Crippen LogP contribution in [0.1, 0.15) is 16.8 Å². The Morgan fingerprint density at radius 3 is 2.52 bits per heavy atom. The lowest BCUT2D eigenvalue weighted by Crippen LogP contribution is -2.16. The Morgan fingerprint density at radius 1 is 1.12 bits per heavy atom. The van der Waals surface area contributed by atoms with E-state index in [1.54, 1.807) is 24.3 Å². The molecule has 0 fully saturated rings. The highest BCUT2D eigenvalue weighted by Gasteiger charge is 2.11. The normalized spacial score (nSPS) is 10.3. The summed E-state index contributed by atoms with van der Waals surface area (Å²) in [4.78, 5) is 20.6. The predicted octanol–water partition coefficient (Wildman–Crippen LogP) is 4.15. The SMILES string of the molecule is Cc1ccccc1Sc1nc(Nc2ccc(C#N)cc2)c(=O)[nH]c1C. The zero-order valence-corrected chi connectivity index (χ0v) is 14.6. The number of aryl methyl sites for hydroxylation is 2. The summed E-state index contributed by atoms with van der Waals surface area (Å²) in [6.45, 7) is 3.87. The van der Waals surface area contributed by atoms with E-state index in [2.05, 4.69) is 21.4 Å². The molecule has 0 amide bonds. The molecule has 6 heteroatoms. The van der Waals surface area contributed by atoms with Crippen LogP contribution in [0.2, 0.25) is 0 Å². The number of nitriles is 1. The van der Waals surface area contributed by atoms with Crippen molar-refractivity contribution < 1.29 is 0 Å². The minimum atomic E-state index is -0.281. The van der Waals surface area contributed by atoms with Crippen LogP contribution in [0.3, 0.4) is 0 Å². The van der Waals surface area contributed by atoms with Gasteiger partial charge in [-0.1, -0.05) is 30.0 Å². The van der Waals surface area contributed by atoms with Crippen molar-refractivity contribution in [2.45, 2.75) is 23.8 Å². The Hall–Kier alpha value is -3.04. The van der Waals surface area contributed by atoms with Crippen LogP contribution in [0.25, 0.3) is 0 Å². The van der Waals surface area contributed by atoms with Gasteiger partial charge in [-0.25, -0.2) is 4.98 Å². The van der Waals surface area contributed by atoms with Crippen LogP contribution in [-0.2, 0) is 0 Å². The highest BCUT2D eigenvalue weighted by molar-refractivity contribution is 7.99. The number of hydrogen-bond acceptors (Lipinski definition) is 5. The predicted molar refractivity (Wildman–Crippen MR) is 99.3 cm³/mol. The average Bonchev–Trinajstić information content (AvgIpc) is 2.61. The first-order valence-corrected chi connectivity index (χ1v) is 8.50. The smallest absolute Gasteiger partial charge is 0.291 e. The van der Waals surface area contributed by atoms with Crippen molar-refractivity contribution in [2.24, 2.45) is 0 Å². The molecular formula is C19H16N4OS. The average molecular weight is 348 g/mol. The van der Waals surface area contributed by atoms with E-state index in [4.69, 9.17) is 5.26 Å². The largest absolute Gasteiger partial charge is 0.336 e. The first-order chi connectivity index (χ1) is 12.1. The van der Waals surface area contributed by atoms with E-state index in [1.807, 2.05) is 38.1 Å². The van der Waals surface area contributed by atoms with Crippen LogP contribution >= 0.6 is 11.8 Å². The maximum Gasteiger partial charge on any atom is 0.291 e. The van der Waals surface area contributed by atoms with Gasteiger partial charge in [0.15, 0.2) is 5.82 Å². The Kier molecular flexibility index (Phi) is 4.87. The van der Waals surface area contributed by atoms with Crippen LogP contribution in [0.15, 0.2) is 63.2 Å². The number of nitrogens with one attached hydrogen (secondary N) is 2. The summed E-state index contributed by atoms with van der Waals surface area (Å²) in [7, 11) is 0. The second kappa shape index (κ2) is 7.24. The minimum absolute atomic E-state index is 0.228. The van der Waals surface area contributed by atoms with Crippen LogP contribution in [0.5, 0.6) is 0 Å². The van der Waals surface area contributed by atoms with Crippen LogP contribution in [-0.4, -0.2) is 9.97 Å². The number of anilines is 2. The molecule has 3 rings (SSSR count). The molecule has 2 N–H and O–H groups in total. The van der Waals surface area contributed by atoms with E-state index in [0.717, 1.165) is 21.2 Å². The fourth-order valence-electron chi connectivity index (χ4n) is 2.24. The van der Waals surface area contributed by atoms with Gasteiger partial charge in [0.1, 0.15) is 5.03 Å². The second-order valence-electron chi connectivity index (χ2n) is 5.53. The van der Waals surface area contributed by atoms with Crippen molar-refractivity contribution in [3.63, 3.8) is 0 Å². The zero-order valence-electron chi connectivity index (χ0n) is 13.8. The minimum Gasteiger partial charge on any atom is -0.336 e. The lowest BCUT2D eigenvalue weighted by molar-refractivity contribution is 0.961. The number of benzene rings is 2. The number of rotatable bonds is 4. The number of aromatic nitrogens is 2. The third kappa shape index (κ3) is 3.90. The van der Waals surface area contributed by atoms with Gasteiger partial charge in [0.25, 0.3) is 5.56 Å². The Labute approximate surface area is 149 Å². The molecule has 0 atom stereocenters. The zero-order chi connectivity index (χ0) is 17.8. The number of nitrogens with zero attached hydrogens (tertiary/aromatic N) is 2. The molecule has 0 saturated carbocycles. The number of H-pyrrole nitrogens is 1. The summed E-state index contributed by atoms with van der Waals surface area (Å²) < 4.78 is 0. The third-order valence-electron chi connectivity index (χ3n) is 3.63. The van der Waals surface area contributed by atoms with Crippen molar-refractivity contribution in [3.05, 3.63) is 75.7 Å². The van der Waals surface area contributed by atoms with E-state index in [1.165, 1.54) is 11.8 Å². The maximum atomic E-state index is 12.2. The van der Waals surface area contributed by atoms with Gasteiger partial charge in [-0.05, 0) is 49.7 Å². The lowest BCUT2D eigenvalue weighted by Gasteiger charge is -2.10. The fraction of sp³-hybridized carbons (Fsp3) is 0.105. The molecule has 0 spiro atoms. The molecule has 0 aliphatic carbocycles. The number of hydrogen-bond donors (Lipinski definition) is 2. The van der Waals surface area contributed by atoms with Crippen LogP contribution < -0.4 is 10.9 Å². The van der Waals surface area contributed by atoms with Crippen molar-refractivity contribution in [3.8, 4) is 6.07 Å². The Morgan fingerprint density at radius 2 is 1.84 bits per heavy atom. The summed E-state index contributed by atoms with van der Waals surface area (Å²) in [5.41, 5.74) is 2.86. The Balaban J connectivity index is 1.91. The van der Waals surface area contributed by atoms with Crippen LogP contribution in [0, 0.1) is 25.2 Å². The molecule has 5 nitrogen and oxygen atoms in total. The van der Waals surface area contributed by atoms with Crippen molar-refractivity contribution in [2.75, 3.05) is 5.32 Å². The summed E-state index contributed by atoms with van der Waals surface area (Å²) in [5.74, 6) is 0.228.